The molecule has 2 aromatic rings. The zero-order valence-electron chi connectivity index (χ0n) is 8.67. The third-order valence-corrected chi connectivity index (χ3v) is 2.53. The highest BCUT2D eigenvalue weighted by Crippen LogP contribution is 2.23. The van der Waals surface area contributed by atoms with Crippen molar-refractivity contribution < 1.29 is 4.92 Å². The summed E-state index contributed by atoms with van der Waals surface area (Å²) in [5.41, 5.74) is 1.84. The minimum Gasteiger partial charge on any atom is -0.364 e. The van der Waals surface area contributed by atoms with Gasteiger partial charge >= 0.3 is 0 Å². The SMILES string of the molecule is O=[N+]([O-])C[C@H](c1ccccc1)c1ccc[nH]1. The fraction of sp³-hybridized carbons (Fsp3) is 0.167. The van der Waals surface area contributed by atoms with E-state index >= 15 is 0 Å². The summed E-state index contributed by atoms with van der Waals surface area (Å²) >= 11 is 0. The molecule has 0 aliphatic heterocycles. The Morgan fingerprint density at radius 3 is 2.50 bits per heavy atom. The first kappa shape index (κ1) is 10.4. The zero-order valence-corrected chi connectivity index (χ0v) is 8.67. The lowest BCUT2D eigenvalue weighted by Crippen LogP contribution is -2.14. The minimum atomic E-state index is -0.279. The van der Waals surface area contributed by atoms with Gasteiger partial charge in [-0.05, 0) is 17.7 Å². The van der Waals surface area contributed by atoms with Gasteiger partial charge in [0, 0.05) is 16.8 Å². The Kier molecular flexibility index (Phi) is 3.00. The molecule has 1 aromatic heterocycles. The van der Waals surface area contributed by atoms with Crippen LogP contribution in [0, 0.1) is 10.1 Å². The zero-order chi connectivity index (χ0) is 11.4. The molecule has 0 unspecified atom stereocenters. The quantitative estimate of drug-likeness (QED) is 0.630. The van der Waals surface area contributed by atoms with Crippen molar-refractivity contribution >= 4 is 0 Å². The molecule has 0 amide bonds. The molecule has 1 aromatic carbocycles. The summed E-state index contributed by atoms with van der Waals surface area (Å²) in [4.78, 5) is 13.4. The number of benzene rings is 1. The second-order valence-electron chi connectivity index (χ2n) is 3.60. The van der Waals surface area contributed by atoms with Crippen molar-refractivity contribution in [2.75, 3.05) is 6.54 Å². The number of H-pyrrole nitrogens is 1. The van der Waals surface area contributed by atoms with Gasteiger partial charge in [-0.15, -0.1) is 0 Å². The molecular weight excluding hydrogens is 204 g/mol. The highest BCUT2D eigenvalue weighted by molar-refractivity contribution is 5.28. The van der Waals surface area contributed by atoms with E-state index in [2.05, 4.69) is 4.98 Å². The first-order valence-electron chi connectivity index (χ1n) is 5.07. The van der Waals surface area contributed by atoms with Crippen LogP contribution >= 0.6 is 0 Å². The number of hydrogen-bond donors (Lipinski definition) is 1. The predicted molar refractivity (Wildman–Crippen MR) is 60.9 cm³/mol. The lowest BCUT2D eigenvalue weighted by Gasteiger charge is -2.11. The second kappa shape index (κ2) is 4.61. The van der Waals surface area contributed by atoms with Crippen LogP contribution in [0.25, 0.3) is 0 Å². The van der Waals surface area contributed by atoms with E-state index in [0.717, 1.165) is 11.3 Å². The first-order valence-corrected chi connectivity index (χ1v) is 5.07. The molecule has 4 heteroatoms. The average Bonchev–Trinajstić information content (AvgIpc) is 2.80. The first-order chi connectivity index (χ1) is 7.77. The Labute approximate surface area is 93.1 Å². The molecule has 4 nitrogen and oxygen atoms in total. The largest absolute Gasteiger partial charge is 0.364 e. The van der Waals surface area contributed by atoms with Crippen molar-refractivity contribution in [3.8, 4) is 0 Å². The highest BCUT2D eigenvalue weighted by Gasteiger charge is 2.20. The maximum Gasteiger partial charge on any atom is 0.216 e. The molecule has 0 radical (unpaired) electrons. The number of nitro groups is 1. The van der Waals surface area contributed by atoms with Crippen molar-refractivity contribution in [2.45, 2.75) is 5.92 Å². The van der Waals surface area contributed by atoms with Crippen LogP contribution in [-0.4, -0.2) is 16.5 Å². The van der Waals surface area contributed by atoms with Crippen molar-refractivity contribution in [1.82, 2.24) is 4.98 Å². The Bertz CT molecular complexity index is 451. The van der Waals surface area contributed by atoms with Gasteiger partial charge in [0.05, 0.1) is 5.92 Å². The van der Waals surface area contributed by atoms with Crippen LogP contribution in [0.4, 0.5) is 0 Å². The lowest BCUT2D eigenvalue weighted by atomic mass is 9.96. The molecule has 1 heterocycles. The topological polar surface area (TPSA) is 58.9 Å². The van der Waals surface area contributed by atoms with Crippen LogP contribution in [0.1, 0.15) is 17.2 Å². The van der Waals surface area contributed by atoms with Crippen LogP contribution in [0.2, 0.25) is 0 Å². The standard InChI is InChI=1S/C12H12N2O2/c15-14(16)9-11(12-7-4-8-13-12)10-5-2-1-3-6-10/h1-8,11,13H,9H2/t11-/m1/s1. The van der Waals surface area contributed by atoms with Crippen molar-refractivity contribution in [2.24, 2.45) is 0 Å². The number of aromatic nitrogens is 1. The van der Waals surface area contributed by atoms with Gasteiger partial charge in [0.1, 0.15) is 0 Å². The van der Waals surface area contributed by atoms with Crippen molar-refractivity contribution in [3.05, 3.63) is 70.0 Å². The number of aromatic amines is 1. The number of rotatable bonds is 4. The summed E-state index contributed by atoms with van der Waals surface area (Å²) in [6.07, 6.45) is 1.78. The van der Waals surface area contributed by atoms with Crippen LogP contribution in [-0.2, 0) is 0 Å². The monoisotopic (exact) mass is 216 g/mol. The molecule has 0 bridgehead atoms. The normalized spacial score (nSPS) is 12.2. The lowest BCUT2D eigenvalue weighted by molar-refractivity contribution is -0.481. The second-order valence-corrected chi connectivity index (χ2v) is 3.60. The van der Waals surface area contributed by atoms with Gasteiger partial charge in [-0.2, -0.15) is 0 Å². The molecule has 0 fully saturated rings. The Morgan fingerprint density at radius 1 is 1.19 bits per heavy atom. The van der Waals surface area contributed by atoms with E-state index in [0.29, 0.717) is 0 Å². The van der Waals surface area contributed by atoms with Gasteiger partial charge in [0.15, 0.2) is 0 Å². The molecule has 0 saturated heterocycles. The summed E-state index contributed by atoms with van der Waals surface area (Å²) in [5, 5.41) is 10.7. The minimum absolute atomic E-state index is 0.0927. The van der Waals surface area contributed by atoms with E-state index in [1.54, 1.807) is 6.20 Å². The summed E-state index contributed by atoms with van der Waals surface area (Å²) in [5.74, 6) is -0.203. The molecular formula is C12H12N2O2. The Hall–Kier alpha value is -2.10. The molecule has 2 rings (SSSR count). The van der Waals surface area contributed by atoms with Crippen LogP contribution < -0.4 is 0 Å². The molecule has 1 N–H and O–H groups in total. The number of nitrogens with one attached hydrogen (secondary N) is 1. The van der Waals surface area contributed by atoms with E-state index in [4.69, 9.17) is 0 Å². The van der Waals surface area contributed by atoms with Gasteiger partial charge in [0.25, 0.3) is 0 Å². The fourth-order valence-corrected chi connectivity index (χ4v) is 1.78. The van der Waals surface area contributed by atoms with E-state index in [9.17, 15) is 10.1 Å². The maximum atomic E-state index is 10.7. The Morgan fingerprint density at radius 2 is 1.94 bits per heavy atom. The third kappa shape index (κ3) is 2.28. The van der Waals surface area contributed by atoms with Gasteiger partial charge in [0.2, 0.25) is 6.54 Å². The highest BCUT2D eigenvalue weighted by atomic mass is 16.6. The van der Waals surface area contributed by atoms with Crippen LogP contribution in [0.15, 0.2) is 48.7 Å². The van der Waals surface area contributed by atoms with Crippen molar-refractivity contribution in [1.29, 1.82) is 0 Å². The summed E-state index contributed by atoms with van der Waals surface area (Å²) in [6, 6.07) is 13.2. The van der Waals surface area contributed by atoms with Gasteiger partial charge in [-0.3, -0.25) is 10.1 Å². The summed E-state index contributed by atoms with van der Waals surface area (Å²) in [6.45, 7) is -0.0927. The molecule has 1 atom stereocenters. The fourth-order valence-electron chi connectivity index (χ4n) is 1.78. The molecule has 82 valence electrons. The molecule has 0 spiro atoms. The van der Waals surface area contributed by atoms with Crippen molar-refractivity contribution in [3.63, 3.8) is 0 Å². The third-order valence-electron chi connectivity index (χ3n) is 2.53. The van der Waals surface area contributed by atoms with E-state index in [1.165, 1.54) is 0 Å². The van der Waals surface area contributed by atoms with E-state index < -0.39 is 0 Å². The molecule has 0 saturated carbocycles. The maximum absolute atomic E-state index is 10.7. The summed E-state index contributed by atoms with van der Waals surface area (Å²) < 4.78 is 0. The number of hydrogen-bond acceptors (Lipinski definition) is 2. The summed E-state index contributed by atoms with van der Waals surface area (Å²) in [7, 11) is 0. The molecule has 0 aliphatic rings. The van der Waals surface area contributed by atoms with Gasteiger partial charge < -0.3 is 4.98 Å². The average molecular weight is 216 g/mol. The number of nitrogens with zero attached hydrogens (tertiary/aromatic N) is 1. The van der Waals surface area contributed by atoms with Crippen LogP contribution in [0.3, 0.4) is 0 Å². The van der Waals surface area contributed by atoms with E-state index in [-0.39, 0.29) is 17.4 Å². The molecule has 0 aliphatic carbocycles. The predicted octanol–water partition coefficient (Wildman–Crippen LogP) is 2.42. The Balaban J connectivity index is 2.32. The van der Waals surface area contributed by atoms with E-state index in [1.807, 2.05) is 42.5 Å². The van der Waals surface area contributed by atoms with Gasteiger partial charge in [-0.25, -0.2) is 0 Å². The smallest absolute Gasteiger partial charge is 0.216 e. The van der Waals surface area contributed by atoms with Gasteiger partial charge in [-0.1, -0.05) is 30.3 Å². The molecule has 16 heavy (non-hydrogen) atoms. The van der Waals surface area contributed by atoms with Crippen LogP contribution in [0.5, 0.6) is 0 Å².